The topological polar surface area (TPSA) is 41.1 Å². The molecule has 0 unspecified atom stereocenters. The molecule has 0 atom stereocenters. The molecule has 5 heteroatoms. The lowest BCUT2D eigenvalue weighted by atomic mass is 10.2. The Hall–Kier alpha value is -1.49. The first-order valence-electron chi connectivity index (χ1n) is 5.59. The van der Waals surface area contributed by atoms with Crippen molar-refractivity contribution in [1.29, 1.82) is 0 Å². The van der Waals surface area contributed by atoms with Gasteiger partial charge in [0.2, 0.25) is 0 Å². The Morgan fingerprint density at radius 3 is 2.59 bits per heavy atom. The van der Waals surface area contributed by atoms with Crippen LogP contribution in [0.25, 0.3) is 0 Å². The summed E-state index contributed by atoms with van der Waals surface area (Å²) in [6.45, 7) is 4.05. The Labute approximate surface area is 99.2 Å². The van der Waals surface area contributed by atoms with Crippen LogP contribution in [0.15, 0.2) is 18.2 Å². The molecule has 0 heterocycles. The minimum Gasteiger partial charge on any atom is -0.351 e. The molecule has 0 aliphatic carbocycles. The highest BCUT2D eigenvalue weighted by atomic mass is 19.2. The summed E-state index contributed by atoms with van der Waals surface area (Å²) in [7, 11) is 0. The van der Waals surface area contributed by atoms with Gasteiger partial charge < -0.3 is 10.6 Å². The lowest BCUT2D eigenvalue weighted by molar-refractivity contribution is 0.0953. The average molecular weight is 242 g/mol. The van der Waals surface area contributed by atoms with Gasteiger partial charge in [-0.25, -0.2) is 8.78 Å². The molecule has 1 aromatic rings. The summed E-state index contributed by atoms with van der Waals surface area (Å²) >= 11 is 0. The van der Waals surface area contributed by atoms with Gasteiger partial charge in [-0.05, 0) is 31.2 Å². The predicted octanol–water partition coefficient (Wildman–Crippen LogP) is 1.69. The molecule has 0 spiro atoms. The Bertz CT molecular complexity index is 383. The van der Waals surface area contributed by atoms with Crippen molar-refractivity contribution in [2.75, 3.05) is 19.6 Å². The minimum atomic E-state index is -1.01. The number of halogens is 2. The highest BCUT2D eigenvalue weighted by Crippen LogP contribution is 2.08. The van der Waals surface area contributed by atoms with Gasteiger partial charge in [0.15, 0.2) is 11.6 Å². The van der Waals surface area contributed by atoms with Gasteiger partial charge in [0.1, 0.15) is 0 Å². The number of nitrogens with one attached hydrogen (secondary N) is 2. The maximum absolute atomic E-state index is 12.9. The van der Waals surface area contributed by atoms with Crippen LogP contribution in [0.1, 0.15) is 23.7 Å². The molecule has 3 nitrogen and oxygen atoms in total. The number of benzene rings is 1. The quantitative estimate of drug-likeness (QED) is 0.745. The van der Waals surface area contributed by atoms with Gasteiger partial charge in [0.05, 0.1) is 0 Å². The van der Waals surface area contributed by atoms with Gasteiger partial charge in [-0.3, -0.25) is 4.79 Å². The fourth-order valence-corrected chi connectivity index (χ4v) is 1.31. The van der Waals surface area contributed by atoms with Crippen molar-refractivity contribution in [2.45, 2.75) is 13.3 Å². The maximum Gasteiger partial charge on any atom is 0.251 e. The Kier molecular flexibility index (Phi) is 5.56. The van der Waals surface area contributed by atoms with E-state index in [1.54, 1.807) is 0 Å². The summed E-state index contributed by atoms with van der Waals surface area (Å²) in [6, 6.07) is 3.09. The zero-order valence-corrected chi connectivity index (χ0v) is 9.72. The van der Waals surface area contributed by atoms with Crippen molar-refractivity contribution in [2.24, 2.45) is 0 Å². The number of hydrogen-bond acceptors (Lipinski definition) is 2. The van der Waals surface area contributed by atoms with Gasteiger partial charge in [-0.1, -0.05) is 6.92 Å². The summed E-state index contributed by atoms with van der Waals surface area (Å²) in [5, 5.41) is 5.73. The van der Waals surface area contributed by atoms with E-state index in [0.29, 0.717) is 13.1 Å². The van der Waals surface area contributed by atoms with Crippen molar-refractivity contribution in [3.8, 4) is 0 Å². The highest BCUT2D eigenvalue weighted by molar-refractivity contribution is 5.94. The average Bonchev–Trinajstić information content (AvgIpc) is 2.32. The van der Waals surface area contributed by atoms with Crippen LogP contribution in [0.4, 0.5) is 8.78 Å². The number of carbonyl (C=O) groups excluding carboxylic acids is 1. The first-order chi connectivity index (χ1) is 8.15. The second kappa shape index (κ2) is 6.96. The standard InChI is InChI=1S/C12H16F2N2O/c1-2-5-15-6-7-16-12(17)9-3-4-10(13)11(14)8-9/h3-4,8,15H,2,5-7H2,1H3,(H,16,17). The Balaban J connectivity index is 2.39. The van der Waals surface area contributed by atoms with Crippen molar-refractivity contribution < 1.29 is 13.6 Å². The van der Waals surface area contributed by atoms with Crippen molar-refractivity contribution in [3.05, 3.63) is 35.4 Å². The van der Waals surface area contributed by atoms with E-state index < -0.39 is 17.5 Å². The molecular formula is C12H16F2N2O. The van der Waals surface area contributed by atoms with E-state index in [1.165, 1.54) is 6.07 Å². The van der Waals surface area contributed by atoms with E-state index in [0.717, 1.165) is 25.1 Å². The fourth-order valence-electron chi connectivity index (χ4n) is 1.31. The zero-order chi connectivity index (χ0) is 12.7. The molecule has 1 rings (SSSR count). The summed E-state index contributed by atoms with van der Waals surface area (Å²) in [6.07, 6.45) is 1.02. The van der Waals surface area contributed by atoms with Gasteiger partial charge in [0, 0.05) is 18.7 Å². The Morgan fingerprint density at radius 1 is 1.18 bits per heavy atom. The Morgan fingerprint density at radius 2 is 1.94 bits per heavy atom. The van der Waals surface area contributed by atoms with Crippen molar-refractivity contribution >= 4 is 5.91 Å². The molecule has 0 saturated heterocycles. The van der Waals surface area contributed by atoms with Crippen LogP contribution in [0.5, 0.6) is 0 Å². The molecule has 17 heavy (non-hydrogen) atoms. The number of hydrogen-bond donors (Lipinski definition) is 2. The first kappa shape index (κ1) is 13.6. The SMILES string of the molecule is CCCNCCNC(=O)c1ccc(F)c(F)c1. The van der Waals surface area contributed by atoms with E-state index in [9.17, 15) is 13.6 Å². The van der Waals surface area contributed by atoms with Crippen LogP contribution < -0.4 is 10.6 Å². The third-order valence-electron chi connectivity index (χ3n) is 2.20. The van der Waals surface area contributed by atoms with Gasteiger partial charge in [-0.2, -0.15) is 0 Å². The second-order valence-corrected chi connectivity index (χ2v) is 3.63. The monoisotopic (exact) mass is 242 g/mol. The highest BCUT2D eigenvalue weighted by Gasteiger charge is 2.08. The lowest BCUT2D eigenvalue weighted by Gasteiger charge is -2.06. The molecule has 0 fully saturated rings. The number of rotatable bonds is 6. The number of amides is 1. The van der Waals surface area contributed by atoms with E-state index in [1.807, 2.05) is 6.92 Å². The third kappa shape index (κ3) is 4.48. The van der Waals surface area contributed by atoms with E-state index in [2.05, 4.69) is 10.6 Å². The lowest BCUT2D eigenvalue weighted by Crippen LogP contribution is -2.32. The van der Waals surface area contributed by atoms with Crippen LogP contribution >= 0.6 is 0 Å². The van der Waals surface area contributed by atoms with Crippen LogP contribution in [0, 0.1) is 11.6 Å². The summed E-state index contributed by atoms with van der Waals surface area (Å²) in [5.41, 5.74) is 0.124. The first-order valence-corrected chi connectivity index (χ1v) is 5.59. The molecule has 0 radical (unpaired) electrons. The maximum atomic E-state index is 12.9. The summed E-state index contributed by atoms with van der Waals surface area (Å²) < 4.78 is 25.5. The number of carbonyl (C=O) groups is 1. The molecule has 0 aromatic heterocycles. The summed E-state index contributed by atoms with van der Waals surface area (Å²) in [5.74, 6) is -2.37. The largest absolute Gasteiger partial charge is 0.351 e. The molecule has 1 aromatic carbocycles. The molecule has 0 aliphatic heterocycles. The van der Waals surface area contributed by atoms with E-state index >= 15 is 0 Å². The fraction of sp³-hybridized carbons (Fsp3) is 0.417. The molecule has 94 valence electrons. The molecule has 2 N–H and O–H groups in total. The zero-order valence-electron chi connectivity index (χ0n) is 9.72. The van der Waals surface area contributed by atoms with Crippen molar-refractivity contribution in [1.82, 2.24) is 10.6 Å². The van der Waals surface area contributed by atoms with E-state index in [-0.39, 0.29) is 5.56 Å². The molecule has 0 aliphatic rings. The third-order valence-corrected chi connectivity index (χ3v) is 2.20. The predicted molar refractivity (Wildman–Crippen MR) is 61.9 cm³/mol. The molecule has 1 amide bonds. The molecule has 0 saturated carbocycles. The molecule has 0 bridgehead atoms. The summed E-state index contributed by atoms with van der Waals surface area (Å²) in [4.78, 5) is 11.5. The van der Waals surface area contributed by atoms with Crippen LogP contribution in [-0.2, 0) is 0 Å². The van der Waals surface area contributed by atoms with Crippen molar-refractivity contribution in [3.63, 3.8) is 0 Å². The second-order valence-electron chi connectivity index (χ2n) is 3.63. The van der Waals surface area contributed by atoms with Gasteiger partial charge >= 0.3 is 0 Å². The van der Waals surface area contributed by atoms with Gasteiger partial charge in [0.25, 0.3) is 5.91 Å². The molecular weight excluding hydrogens is 226 g/mol. The van der Waals surface area contributed by atoms with E-state index in [4.69, 9.17) is 0 Å². The van der Waals surface area contributed by atoms with Gasteiger partial charge in [-0.15, -0.1) is 0 Å². The van der Waals surface area contributed by atoms with Crippen LogP contribution in [-0.4, -0.2) is 25.5 Å². The normalized spacial score (nSPS) is 10.3. The van der Waals surface area contributed by atoms with Crippen LogP contribution in [0.2, 0.25) is 0 Å². The van der Waals surface area contributed by atoms with Crippen LogP contribution in [0.3, 0.4) is 0 Å². The minimum absolute atomic E-state index is 0.124. The smallest absolute Gasteiger partial charge is 0.251 e.